The van der Waals surface area contributed by atoms with E-state index in [1.165, 1.54) is 11.1 Å². The van der Waals surface area contributed by atoms with Crippen molar-refractivity contribution < 1.29 is 19.5 Å². The number of hydrogen-bond acceptors (Lipinski definition) is 6. The van der Waals surface area contributed by atoms with Crippen molar-refractivity contribution in [1.82, 2.24) is 9.80 Å². The van der Waals surface area contributed by atoms with E-state index in [9.17, 15) is 9.90 Å². The van der Waals surface area contributed by atoms with Crippen molar-refractivity contribution in [3.8, 4) is 5.75 Å². The maximum atomic E-state index is 12.7. The molecule has 1 unspecified atom stereocenters. The van der Waals surface area contributed by atoms with Gasteiger partial charge in [0.2, 0.25) is 5.72 Å². The molecule has 1 aliphatic rings. The molecule has 0 saturated heterocycles. The molecule has 1 aliphatic heterocycles. The van der Waals surface area contributed by atoms with Crippen LogP contribution in [0.4, 0.5) is 0 Å². The molecule has 0 spiro atoms. The first kappa shape index (κ1) is 22.1. The summed E-state index contributed by atoms with van der Waals surface area (Å²) in [5, 5.41) is 15.5. The zero-order valence-corrected chi connectivity index (χ0v) is 17.9. The van der Waals surface area contributed by atoms with Gasteiger partial charge in [0.25, 0.3) is 5.91 Å². The number of rotatable bonds is 8. The van der Waals surface area contributed by atoms with Crippen LogP contribution in [0.3, 0.4) is 0 Å². The Labute approximate surface area is 182 Å². The highest BCUT2D eigenvalue weighted by Gasteiger charge is 2.41. The minimum Gasteiger partial charge on any atom is -0.497 e. The fraction of sp³-hybridized carbons (Fsp3) is 0.250. The van der Waals surface area contributed by atoms with E-state index in [2.05, 4.69) is 5.16 Å². The molecular formula is C24H27N3O4. The van der Waals surface area contributed by atoms with E-state index < -0.39 is 5.72 Å². The van der Waals surface area contributed by atoms with E-state index in [4.69, 9.17) is 9.57 Å². The fourth-order valence-electron chi connectivity index (χ4n) is 3.15. The summed E-state index contributed by atoms with van der Waals surface area (Å²) in [4.78, 5) is 21.2. The number of allylic oxidation sites excluding steroid dienone is 2. The Morgan fingerprint density at radius 1 is 1.13 bits per heavy atom. The first-order chi connectivity index (χ1) is 14.9. The quantitative estimate of drug-likeness (QED) is 0.524. The Morgan fingerprint density at radius 3 is 2.48 bits per heavy atom. The summed E-state index contributed by atoms with van der Waals surface area (Å²) in [6.07, 6.45) is 6.32. The topological polar surface area (TPSA) is 74.6 Å². The lowest BCUT2D eigenvalue weighted by molar-refractivity contribution is -0.128. The maximum Gasteiger partial charge on any atom is 0.254 e. The molecule has 0 saturated carbocycles. The summed E-state index contributed by atoms with van der Waals surface area (Å²) in [7, 11) is 4.89. The predicted octanol–water partition coefficient (Wildman–Crippen LogP) is 2.93. The molecule has 2 aromatic rings. The van der Waals surface area contributed by atoms with Gasteiger partial charge >= 0.3 is 0 Å². The second-order valence-electron chi connectivity index (χ2n) is 7.32. The number of nitrogens with zero attached hydrogens (tertiary/aromatic N) is 3. The maximum absolute atomic E-state index is 12.7. The van der Waals surface area contributed by atoms with E-state index in [0.717, 1.165) is 16.9 Å². The van der Waals surface area contributed by atoms with Gasteiger partial charge in [0.1, 0.15) is 18.6 Å². The Bertz CT molecular complexity index is 968. The molecule has 1 N–H and O–H groups in total. The number of hydrogen-bond donors (Lipinski definition) is 1. The van der Waals surface area contributed by atoms with E-state index >= 15 is 0 Å². The van der Waals surface area contributed by atoms with Gasteiger partial charge in [-0.2, -0.15) is 0 Å². The largest absolute Gasteiger partial charge is 0.497 e. The molecule has 1 heterocycles. The number of benzene rings is 2. The highest BCUT2D eigenvalue weighted by molar-refractivity contribution is 6.00. The molecule has 0 radical (unpaired) electrons. The van der Waals surface area contributed by atoms with Gasteiger partial charge in [0.15, 0.2) is 0 Å². The van der Waals surface area contributed by atoms with Crippen molar-refractivity contribution in [2.45, 2.75) is 18.9 Å². The number of carbonyl (C=O) groups excluding carboxylic acids is 1. The smallest absolute Gasteiger partial charge is 0.254 e. The van der Waals surface area contributed by atoms with E-state index in [-0.39, 0.29) is 18.1 Å². The van der Waals surface area contributed by atoms with Crippen LogP contribution in [0.25, 0.3) is 0 Å². The monoisotopic (exact) mass is 421 g/mol. The lowest BCUT2D eigenvalue weighted by atomic mass is 9.97. The minimum atomic E-state index is -1.76. The third kappa shape index (κ3) is 5.32. The molecule has 0 fully saturated rings. The lowest BCUT2D eigenvalue weighted by Crippen LogP contribution is -2.53. The number of amides is 1. The van der Waals surface area contributed by atoms with Gasteiger partial charge in [-0.1, -0.05) is 47.6 Å². The van der Waals surface area contributed by atoms with Gasteiger partial charge in [0, 0.05) is 26.8 Å². The van der Waals surface area contributed by atoms with Crippen LogP contribution in [0.5, 0.6) is 5.75 Å². The third-order valence-electron chi connectivity index (χ3n) is 4.89. The molecule has 1 amide bonds. The Balaban J connectivity index is 1.79. The molecule has 0 bridgehead atoms. The standard InChI is InChI=1S/C24H27N3O4/c1-26(2)23(28)22-10-7-15-27(16-19-8-5-4-6-9-19)24(22,29)18-25-31-17-20-11-13-21(30-3)14-12-20/h4-15,18,29H,16-17H2,1-3H3. The Hall–Kier alpha value is -3.58. The SMILES string of the molecule is COc1ccc(CON=CC2(O)C(C(=O)N(C)C)=CC=CN2Cc2ccccc2)cc1. The third-order valence-corrected chi connectivity index (χ3v) is 4.89. The van der Waals surface area contributed by atoms with Gasteiger partial charge < -0.3 is 24.5 Å². The number of ether oxygens (including phenoxy) is 1. The van der Waals surface area contributed by atoms with Gasteiger partial charge in [-0.3, -0.25) is 4.79 Å². The van der Waals surface area contributed by atoms with Crippen LogP contribution in [0, 0.1) is 0 Å². The van der Waals surface area contributed by atoms with Crippen LogP contribution in [0.15, 0.2) is 83.7 Å². The van der Waals surface area contributed by atoms with Crippen molar-refractivity contribution in [3.63, 3.8) is 0 Å². The summed E-state index contributed by atoms with van der Waals surface area (Å²) in [6, 6.07) is 17.1. The normalized spacial score (nSPS) is 18.1. The van der Waals surface area contributed by atoms with Crippen LogP contribution in [0.1, 0.15) is 11.1 Å². The first-order valence-corrected chi connectivity index (χ1v) is 9.87. The van der Waals surface area contributed by atoms with Crippen molar-refractivity contribution in [2.24, 2.45) is 5.16 Å². The zero-order chi connectivity index (χ0) is 22.3. The predicted molar refractivity (Wildman–Crippen MR) is 119 cm³/mol. The average molecular weight is 421 g/mol. The molecule has 1 atom stereocenters. The number of aliphatic hydroxyl groups is 1. The van der Waals surface area contributed by atoms with Crippen molar-refractivity contribution in [1.29, 1.82) is 0 Å². The number of likely N-dealkylation sites (N-methyl/N-ethyl adjacent to an activating group) is 1. The highest BCUT2D eigenvalue weighted by atomic mass is 16.6. The number of carbonyl (C=O) groups is 1. The van der Waals surface area contributed by atoms with Gasteiger partial charge in [0.05, 0.1) is 12.7 Å². The number of oxime groups is 1. The number of methoxy groups -OCH3 is 1. The van der Waals surface area contributed by atoms with Crippen molar-refractivity contribution >= 4 is 12.1 Å². The highest BCUT2D eigenvalue weighted by Crippen LogP contribution is 2.28. The minimum absolute atomic E-state index is 0.188. The second kappa shape index (κ2) is 9.95. The summed E-state index contributed by atoms with van der Waals surface area (Å²) < 4.78 is 5.14. The van der Waals surface area contributed by atoms with Crippen LogP contribution in [0.2, 0.25) is 0 Å². The van der Waals surface area contributed by atoms with Gasteiger partial charge in [-0.25, -0.2) is 0 Å². The van der Waals surface area contributed by atoms with E-state index in [0.29, 0.717) is 6.54 Å². The second-order valence-corrected chi connectivity index (χ2v) is 7.32. The average Bonchev–Trinajstić information content (AvgIpc) is 2.79. The van der Waals surface area contributed by atoms with Crippen LogP contribution in [-0.2, 0) is 22.8 Å². The Kier molecular flexibility index (Phi) is 7.10. The molecule has 162 valence electrons. The molecule has 7 nitrogen and oxygen atoms in total. The summed E-state index contributed by atoms with van der Waals surface area (Å²) in [5.41, 5.74) is 0.311. The summed E-state index contributed by atoms with van der Waals surface area (Å²) in [6.45, 7) is 0.599. The fourth-order valence-corrected chi connectivity index (χ4v) is 3.15. The first-order valence-electron chi connectivity index (χ1n) is 9.87. The van der Waals surface area contributed by atoms with Gasteiger partial charge in [-0.05, 0) is 35.4 Å². The molecule has 0 aliphatic carbocycles. The molecule has 7 heteroatoms. The van der Waals surface area contributed by atoms with E-state index in [1.807, 2.05) is 54.6 Å². The lowest BCUT2D eigenvalue weighted by Gasteiger charge is -2.39. The van der Waals surface area contributed by atoms with Crippen molar-refractivity contribution in [3.05, 3.63) is 89.6 Å². The molecule has 31 heavy (non-hydrogen) atoms. The van der Waals surface area contributed by atoms with Crippen molar-refractivity contribution in [2.75, 3.05) is 21.2 Å². The molecule has 0 aromatic heterocycles. The molecule has 2 aromatic carbocycles. The molecule has 3 rings (SSSR count). The zero-order valence-electron chi connectivity index (χ0n) is 17.9. The Morgan fingerprint density at radius 2 is 1.84 bits per heavy atom. The van der Waals surface area contributed by atoms with Crippen LogP contribution < -0.4 is 4.74 Å². The van der Waals surface area contributed by atoms with Crippen LogP contribution in [-0.4, -0.2) is 54.0 Å². The van der Waals surface area contributed by atoms with Crippen LogP contribution >= 0.6 is 0 Å². The van der Waals surface area contributed by atoms with E-state index in [1.54, 1.807) is 44.5 Å². The summed E-state index contributed by atoms with van der Waals surface area (Å²) in [5.74, 6) is 0.440. The van der Waals surface area contributed by atoms with Gasteiger partial charge in [-0.15, -0.1) is 0 Å². The summed E-state index contributed by atoms with van der Waals surface area (Å²) >= 11 is 0. The molecular weight excluding hydrogens is 394 g/mol.